The summed E-state index contributed by atoms with van der Waals surface area (Å²) in [6, 6.07) is 0. The molecule has 2 nitrogen and oxygen atoms in total. The Hall–Kier alpha value is -0.0500. The van der Waals surface area contributed by atoms with Crippen LogP contribution in [0.2, 0.25) is 0 Å². The highest BCUT2D eigenvalue weighted by molar-refractivity contribution is 6.20. The van der Waals surface area contributed by atoms with E-state index in [0.29, 0.717) is 0 Å². The van der Waals surface area contributed by atoms with Crippen LogP contribution < -0.4 is 0 Å². The van der Waals surface area contributed by atoms with Crippen molar-refractivity contribution in [2.45, 2.75) is 25.3 Å². The summed E-state index contributed by atoms with van der Waals surface area (Å²) in [7, 11) is 0. The van der Waals surface area contributed by atoms with Gasteiger partial charge in [-0.2, -0.15) is 0 Å². The van der Waals surface area contributed by atoms with E-state index in [9.17, 15) is 0 Å². The first-order valence-corrected chi connectivity index (χ1v) is 3.13. The zero-order valence-electron chi connectivity index (χ0n) is 5.60. The van der Waals surface area contributed by atoms with Gasteiger partial charge in [-0.3, -0.25) is 5.26 Å². The molecular formula is C6H11ClO2. The summed E-state index contributed by atoms with van der Waals surface area (Å²) in [5.74, 6) is 0. The zero-order chi connectivity index (χ0) is 7.44. The maximum absolute atomic E-state index is 8.22. The topological polar surface area (TPSA) is 29.5 Å². The Morgan fingerprint density at radius 2 is 2.22 bits per heavy atom. The van der Waals surface area contributed by atoms with Crippen molar-refractivity contribution in [1.29, 1.82) is 0 Å². The van der Waals surface area contributed by atoms with Gasteiger partial charge in [0.15, 0.2) is 0 Å². The summed E-state index contributed by atoms with van der Waals surface area (Å²) < 4.78 is 0. The van der Waals surface area contributed by atoms with Gasteiger partial charge in [0.05, 0.1) is 5.38 Å². The monoisotopic (exact) mass is 150 g/mol. The van der Waals surface area contributed by atoms with Gasteiger partial charge < -0.3 is 0 Å². The van der Waals surface area contributed by atoms with Gasteiger partial charge in [0.1, 0.15) is 6.10 Å². The van der Waals surface area contributed by atoms with Crippen LogP contribution in [0.4, 0.5) is 0 Å². The first kappa shape index (κ1) is 8.95. The molecule has 0 amide bonds. The number of halogens is 1. The quantitative estimate of drug-likeness (QED) is 0.289. The van der Waals surface area contributed by atoms with E-state index < -0.39 is 6.10 Å². The Labute approximate surface area is 60.0 Å². The third-order valence-corrected chi connectivity index (χ3v) is 1.25. The predicted molar refractivity (Wildman–Crippen MR) is 37.6 cm³/mol. The summed E-state index contributed by atoms with van der Waals surface area (Å²) in [5.41, 5.74) is 0.722. The molecule has 0 spiro atoms. The van der Waals surface area contributed by atoms with Crippen LogP contribution in [0.5, 0.6) is 0 Å². The Morgan fingerprint density at radius 3 is 2.22 bits per heavy atom. The van der Waals surface area contributed by atoms with Crippen molar-refractivity contribution >= 4 is 11.6 Å². The second kappa shape index (κ2) is 3.88. The number of hydrogen-bond acceptors (Lipinski definition) is 2. The van der Waals surface area contributed by atoms with Crippen molar-refractivity contribution in [3.05, 3.63) is 12.2 Å². The summed E-state index contributed by atoms with van der Waals surface area (Å²) in [4.78, 5) is 4.04. The molecule has 0 saturated carbocycles. The van der Waals surface area contributed by atoms with Gasteiger partial charge in [-0.15, -0.1) is 11.6 Å². The lowest BCUT2D eigenvalue weighted by Gasteiger charge is -2.14. The third-order valence-electron chi connectivity index (χ3n) is 1.02. The molecule has 0 fully saturated rings. The van der Waals surface area contributed by atoms with Crippen molar-refractivity contribution in [2.75, 3.05) is 0 Å². The van der Waals surface area contributed by atoms with Gasteiger partial charge in [-0.05, 0) is 19.4 Å². The summed E-state index contributed by atoms with van der Waals surface area (Å²) in [6.07, 6.45) is -0.452. The normalized spacial score (nSPS) is 16.9. The van der Waals surface area contributed by atoms with Crippen LogP contribution >= 0.6 is 11.6 Å². The third kappa shape index (κ3) is 2.84. The molecule has 0 aromatic carbocycles. The van der Waals surface area contributed by atoms with Gasteiger partial charge in [-0.1, -0.05) is 6.58 Å². The molecule has 3 heteroatoms. The van der Waals surface area contributed by atoms with Gasteiger partial charge in [0, 0.05) is 0 Å². The van der Waals surface area contributed by atoms with Crippen LogP contribution in [0.3, 0.4) is 0 Å². The molecule has 0 radical (unpaired) electrons. The molecule has 1 N–H and O–H groups in total. The lowest BCUT2D eigenvalue weighted by Crippen LogP contribution is -2.21. The van der Waals surface area contributed by atoms with Gasteiger partial charge >= 0.3 is 0 Å². The molecule has 0 aliphatic heterocycles. The highest BCUT2D eigenvalue weighted by Gasteiger charge is 2.15. The molecule has 0 aromatic heterocycles. The Bertz CT molecular complexity index is 101. The van der Waals surface area contributed by atoms with E-state index in [4.69, 9.17) is 16.9 Å². The summed E-state index contributed by atoms with van der Waals surface area (Å²) in [5, 5.41) is 7.98. The van der Waals surface area contributed by atoms with Crippen LogP contribution in [0, 0.1) is 0 Å². The molecule has 0 bridgehead atoms. The maximum Gasteiger partial charge on any atom is 0.129 e. The molecule has 0 heterocycles. The van der Waals surface area contributed by atoms with Crippen molar-refractivity contribution in [3.8, 4) is 0 Å². The highest BCUT2D eigenvalue weighted by atomic mass is 35.5. The summed E-state index contributed by atoms with van der Waals surface area (Å²) in [6.45, 7) is 7.06. The Morgan fingerprint density at radius 1 is 1.78 bits per heavy atom. The molecule has 9 heavy (non-hydrogen) atoms. The molecule has 2 atom stereocenters. The molecule has 0 rings (SSSR count). The zero-order valence-corrected chi connectivity index (χ0v) is 6.35. The molecule has 0 saturated heterocycles. The minimum absolute atomic E-state index is 0.243. The van der Waals surface area contributed by atoms with E-state index in [1.165, 1.54) is 0 Å². The Kier molecular flexibility index (Phi) is 3.86. The van der Waals surface area contributed by atoms with E-state index in [1.54, 1.807) is 13.8 Å². The molecule has 0 aliphatic rings. The number of rotatable bonds is 3. The van der Waals surface area contributed by atoms with Crippen molar-refractivity contribution in [2.24, 2.45) is 0 Å². The Balaban J connectivity index is 3.83. The standard InChI is InChI=1S/C6H11ClO2/c1-4(2)6(9-8)5(3)7/h5-6,8H,1H2,2-3H3/t5-,6-/m0/s1. The van der Waals surface area contributed by atoms with E-state index in [-0.39, 0.29) is 5.38 Å². The van der Waals surface area contributed by atoms with Crippen LogP contribution in [-0.2, 0) is 4.89 Å². The molecule has 0 unspecified atom stereocenters. The fourth-order valence-electron chi connectivity index (χ4n) is 0.566. The molecule has 0 aromatic rings. The van der Waals surface area contributed by atoms with Crippen molar-refractivity contribution in [3.63, 3.8) is 0 Å². The van der Waals surface area contributed by atoms with Crippen LogP contribution in [-0.4, -0.2) is 16.7 Å². The van der Waals surface area contributed by atoms with Gasteiger partial charge in [-0.25, -0.2) is 4.89 Å². The van der Waals surface area contributed by atoms with E-state index in [1.807, 2.05) is 0 Å². The SMILES string of the molecule is C=C(C)[C@H](OO)[C@H](C)Cl. The minimum atomic E-state index is -0.452. The first-order valence-electron chi connectivity index (χ1n) is 2.69. The van der Waals surface area contributed by atoms with Crippen LogP contribution in [0.15, 0.2) is 12.2 Å². The van der Waals surface area contributed by atoms with E-state index in [2.05, 4.69) is 11.5 Å². The molecular weight excluding hydrogens is 140 g/mol. The second-order valence-corrected chi connectivity index (χ2v) is 2.74. The van der Waals surface area contributed by atoms with Crippen molar-refractivity contribution < 1.29 is 10.1 Å². The van der Waals surface area contributed by atoms with Crippen molar-refractivity contribution in [1.82, 2.24) is 0 Å². The molecule has 0 aliphatic carbocycles. The number of alkyl halides is 1. The summed E-state index contributed by atoms with van der Waals surface area (Å²) >= 11 is 5.59. The fraction of sp³-hybridized carbons (Fsp3) is 0.667. The highest BCUT2D eigenvalue weighted by Crippen LogP contribution is 2.11. The maximum atomic E-state index is 8.22. The lowest BCUT2D eigenvalue weighted by molar-refractivity contribution is -0.267. The van der Waals surface area contributed by atoms with Crippen LogP contribution in [0.25, 0.3) is 0 Å². The van der Waals surface area contributed by atoms with Gasteiger partial charge in [0.2, 0.25) is 0 Å². The van der Waals surface area contributed by atoms with E-state index >= 15 is 0 Å². The van der Waals surface area contributed by atoms with Crippen LogP contribution in [0.1, 0.15) is 13.8 Å². The fourth-order valence-corrected chi connectivity index (χ4v) is 0.827. The first-order chi connectivity index (χ1) is 4.09. The average molecular weight is 151 g/mol. The van der Waals surface area contributed by atoms with E-state index in [0.717, 1.165) is 5.57 Å². The largest absolute Gasteiger partial charge is 0.251 e. The lowest BCUT2D eigenvalue weighted by atomic mass is 10.1. The molecule has 54 valence electrons. The predicted octanol–water partition coefficient (Wildman–Crippen LogP) is 2.05. The van der Waals surface area contributed by atoms with Gasteiger partial charge in [0.25, 0.3) is 0 Å². The smallest absolute Gasteiger partial charge is 0.129 e. The second-order valence-electron chi connectivity index (χ2n) is 2.05. The number of hydrogen-bond donors (Lipinski definition) is 1. The minimum Gasteiger partial charge on any atom is -0.251 e. The average Bonchev–Trinajstić information content (AvgIpc) is 1.64.